The SMILES string of the molecule is CC1(C)CCC(C)(C)c2cc(-c3csc(N4CCN(CCCO)CC4)n3)ccc21. The van der Waals surface area contributed by atoms with Crippen LogP contribution in [0, 0.1) is 0 Å². The number of rotatable bonds is 5. The lowest BCUT2D eigenvalue weighted by Crippen LogP contribution is -2.46. The zero-order chi connectivity index (χ0) is 20.6. The van der Waals surface area contributed by atoms with Gasteiger partial charge in [-0.15, -0.1) is 11.3 Å². The molecule has 0 spiro atoms. The highest BCUT2D eigenvalue weighted by Gasteiger charge is 2.37. The van der Waals surface area contributed by atoms with Gasteiger partial charge in [-0.1, -0.05) is 39.8 Å². The quantitative estimate of drug-likeness (QED) is 0.774. The average molecular weight is 414 g/mol. The van der Waals surface area contributed by atoms with Crippen LogP contribution in [0.4, 0.5) is 5.13 Å². The normalized spacial score (nSPS) is 21.2. The molecule has 0 amide bonds. The molecule has 2 aromatic rings. The van der Waals surface area contributed by atoms with Crippen molar-refractivity contribution in [2.45, 2.75) is 57.8 Å². The van der Waals surface area contributed by atoms with E-state index in [0.717, 1.165) is 50.0 Å². The summed E-state index contributed by atoms with van der Waals surface area (Å²) in [7, 11) is 0. The number of aliphatic hydroxyl groups excluding tert-OH is 1. The van der Waals surface area contributed by atoms with Crippen molar-refractivity contribution in [1.82, 2.24) is 9.88 Å². The van der Waals surface area contributed by atoms with E-state index in [0.29, 0.717) is 0 Å². The molecule has 0 atom stereocenters. The molecule has 1 aliphatic carbocycles. The van der Waals surface area contributed by atoms with Crippen LogP contribution < -0.4 is 4.90 Å². The van der Waals surface area contributed by atoms with Crippen molar-refractivity contribution >= 4 is 16.5 Å². The monoisotopic (exact) mass is 413 g/mol. The van der Waals surface area contributed by atoms with E-state index >= 15 is 0 Å². The summed E-state index contributed by atoms with van der Waals surface area (Å²) in [6.45, 7) is 14.9. The van der Waals surface area contributed by atoms with Crippen LogP contribution in [0.25, 0.3) is 11.3 Å². The average Bonchev–Trinajstić information content (AvgIpc) is 3.20. The van der Waals surface area contributed by atoms with Crippen molar-refractivity contribution < 1.29 is 5.11 Å². The highest BCUT2D eigenvalue weighted by Crippen LogP contribution is 2.46. The molecule has 4 nitrogen and oxygen atoms in total. The molecule has 2 heterocycles. The molecule has 0 radical (unpaired) electrons. The number of thiazole rings is 1. The molecule has 5 heteroatoms. The van der Waals surface area contributed by atoms with Crippen molar-refractivity contribution in [1.29, 1.82) is 0 Å². The summed E-state index contributed by atoms with van der Waals surface area (Å²) in [6, 6.07) is 7.03. The minimum absolute atomic E-state index is 0.227. The number of hydrogen-bond acceptors (Lipinski definition) is 5. The summed E-state index contributed by atoms with van der Waals surface area (Å²) in [5.41, 5.74) is 5.84. The Hall–Kier alpha value is -1.43. The molecule has 4 rings (SSSR count). The van der Waals surface area contributed by atoms with Gasteiger partial charge in [0.25, 0.3) is 0 Å². The molecular formula is C24H35N3OS. The largest absolute Gasteiger partial charge is 0.396 e. The van der Waals surface area contributed by atoms with E-state index in [2.05, 4.69) is 61.1 Å². The van der Waals surface area contributed by atoms with Gasteiger partial charge in [0.15, 0.2) is 5.13 Å². The number of hydrogen-bond donors (Lipinski definition) is 1. The van der Waals surface area contributed by atoms with Gasteiger partial charge < -0.3 is 10.0 Å². The first-order chi connectivity index (χ1) is 13.8. The molecule has 2 aliphatic rings. The second-order valence-corrected chi connectivity index (χ2v) is 10.8. The molecule has 1 aromatic heterocycles. The summed E-state index contributed by atoms with van der Waals surface area (Å²) in [5.74, 6) is 0. The third-order valence-corrected chi connectivity index (χ3v) is 7.82. The number of nitrogens with zero attached hydrogens (tertiary/aromatic N) is 3. The fourth-order valence-electron chi connectivity index (χ4n) is 4.75. The molecule has 0 saturated carbocycles. The number of aromatic nitrogens is 1. The Morgan fingerprint density at radius 1 is 1.00 bits per heavy atom. The van der Waals surface area contributed by atoms with Crippen LogP contribution in [-0.4, -0.2) is 54.3 Å². The Kier molecular flexibility index (Phi) is 5.75. The van der Waals surface area contributed by atoms with Gasteiger partial charge in [0.05, 0.1) is 5.69 Å². The van der Waals surface area contributed by atoms with Crippen LogP contribution in [0.3, 0.4) is 0 Å². The van der Waals surface area contributed by atoms with E-state index in [1.165, 1.54) is 29.5 Å². The van der Waals surface area contributed by atoms with Gasteiger partial charge in [-0.25, -0.2) is 4.98 Å². The van der Waals surface area contributed by atoms with Gasteiger partial charge >= 0.3 is 0 Å². The number of piperazine rings is 1. The molecule has 29 heavy (non-hydrogen) atoms. The Morgan fingerprint density at radius 3 is 2.38 bits per heavy atom. The van der Waals surface area contributed by atoms with E-state index in [4.69, 9.17) is 10.1 Å². The Labute approximate surface area is 179 Å². The van der Waals surface area contributed by atoms with E-state index in [1.807, 2.05) is 0 Å². The molecule has 1 aromatic carbocycles. The van der Waals surface area contributed by atoms with Crippen molar-refractivity contribution in [3.8, 4) is 11.3 Å². The molecule has 158 valence electrons. The van der Waals surface area contributed by atoms with Gasteiger partial charge in [0, 0.05) is 50.3 Å². The highest BCUT2D eigenvalue weighted by atomic mass is 32.1. The number of benzene rings is 1. The fraction of sp³-hybridized carbons (Fsp3) is 0.625. The molecule has 1 saturated heterocycles. The maximum Gasteiger partial charge on any atom is 0.185 e. The Bertz CT molecular complexity index is 850. The van der Waals surface area contributed by atoms with E-state index in [9.17, 15) is 0 Å². The standard InChI is InChI=1S/C24H35N3OS/c1-23(2)8-9-24(3,4)20-16-18(6-7-19(20)23)21-17-29-22(25-21)27-13-11-26(12-14-27)10-5-15-28/h6-7,16-17,28H,5,8-15H2,1-4H3. The second kappa shape index (κ2) is 8.01. The summed E-state index contributed by atoms with van der Waals surface area (Å²) in [6.07, 6.45) is 3.35. The molecule has 1 aliphatic heterocycles. The molecular weight excluding hydrogens is 378 g/mol. The van der Waals surface area contributed by atoms with Gasteiger partial charge in [0.1, 0.15) is 0 Å². The maximum absolute atomic E-state index is 9.03. The number of fused-ring (bicyclic) bond motifs is 1. The lowest BCUT2D eigenvalue weighted by molar-refractivity contribution is 0.216. The zero-order valence-corrected chi connectivity index (χ0v) is 19.2. The van der Waals surface area contributed by atoms with Crippen LogP contribution in [0.5, 0.6) is 0 Å². The predicted molar refractivity (Wildman–Crippen MR) is 123 cm³/mol. The number of anilines is 1. The van der Waals surface area contributed by atoms with Crippen LogP contribution >= 0.6 is 11.3 Å². The minimum Gasteiger partial charge on any atom is -0.396 e. The van der Waals surface area contributed by atoms with E-state index < -0.39 is 0 Å². The smallest absolute Gasteiger partial charge is 0.185 e. The first-order valence-corrected chi connectivity index (χ1v) is 11.9. The summed E-state index contributed by atoms with van der Waals surface area (Å²) in [5, 5.41) is 12.4. The molecule has 1 fully saturated rings. The molecule has 0 bridgehead atoms. The first-order valence-electron chi connectivity index (χ1n) is 11.0. The van der Waals surface area contributed by atoms with Crippen molar-refractivity contribution in [2.24, 2.45) is 0 Å². The third kappa shape index (κ3) is 4.23. The summed E-state index contributed by atoms with van der Waals surface area (Å²) in [4.78, 5) is 9.86. The van der Waals surface area contributed by atoms with Gasteiger partial charge in [-0.3, -0.25) is 4.90 Å². The van der Waals surface area contributed by atoms with Crippen LogP contribution in [0.15, 0.2) is 23.6 Å². The second-order valence-electron chi connectivity index (χ2n) is 9.95. The van der Waals surface area contributed by atoms with Gasteiger partial charge in [-0.05, 0) is 47.3 Å². The lowest BCUT2D eigenvalue weighted by atomic mass is 9.63. The van der Waals surface area contributed by atoms with E-state index in [1.54, 1.807) is 11.3 Å². The summed E-state index contributed by atoms with van der Waals surface area (Å²) >= 11 is 1.76. The molecule has 0 unspecified atom stereocenters. The van der Waals surface area contributed by atoms with Gasteiger partial charge in [0.2, 0.25) is 0 Å². The van der Waals surface area contributed by atoms with Crippen LogP contribution in [0.1, 0.15) is 58.1 Å². The topological polar surface area (TPSA) is 39.6 Å². The first kappa shape index (κ1) is 20.8. The summed E-state index contributed by atoms with van der Waals surface area (Å²) < 4.78 is 0. The molecule has 1 N–H and O–H groups in total. The van der Waals surface area contributed by atoms with E-state index in [-0.39, 0.29) is 17.4 Å². The predicted octanol–water partition coefficient (Wildman–Crippen LogP) is 4.66. The number of aliphatic hydroxyl groups is 1. The fourth-order valence-corrected chi connectivity index (χ4v) is 5.64. The van der Waals surface area contributed by atoms with Crippen LogP contribution in [0.2, 0.25) is 0 Å². The van der Waals surface area contributed by atoms with Crippen molar-refractivity contribution in [3.63, 3.8) is 0 Å². The zero-order valence-electron chi connectivity index (χ0n) is 18.4. The minimum atomic E-state index is 0.227. The van der Waals surface area contributed by atoms with Crippen LogP contribution in [-0.2, 0) is 10.8 Å². The Morgan fingerprint density at radius 2 is 1.69 bits per heavy atom. The maximum atomic E-state index is 9.03. The lowest BCUT2D eigenvalue weighted by Gasteiger charge is -2.42. The van der Waals surface area contributed by atoms with Crippen molar-refractivity contribution in [2.75, 3.05) is 44.2 Å². The highest BCUT2D eigenvalue weighted by molar-refractivity contribution is 7.14. The third-order valence-electron chi connectivity index (χ3n) is 6.92. The van der Waals surface area contributed by atoms with Gasteiger partial charge in [-0.2, -0.15) is 0 Å². The Balaban J connectivity index is 1.52. The van der Waals surface area contributed by atoms with Crippen molar-refractivity contribution in [3.05, 3.63) is 34.7 Å².